The van der Waals surface area contributed by atoms with Gasteiger partial charge in [-0.15, -0.1) is 0 Å². The SMILES string of the molecule is CC(C)(C)c1cc2c(cc1Cl)C=C(C(=O)OCON)C(C(F)(F)F)O2. The smallest absolute Gasteiger partial charge is 0.430 e. The Morgan fingerprint density at radius 3 is 2.48 bits per heavy atom. The van der Waals surface area contributed by atoms with E-state index in [2.05, 4.69) is 9.57 Å². The lowest BCUT2D eigenvalue weighted by molar-refractivity contribution is -0.190. The summed E-state index contributed by atoms with van der Waals surface area (Å²) >= 11 is 6.22. The van der Waals surface area contributed by atoms with Crippen LogP contribution in [0.15, 0.2) is 17.7 Å². The van der Waals surface area contributed by atoms with E-state index in [1.54, 1.807) is 0 Å². The summed E-state index contributed by atoms with van der Waals surface area (Å²) in [7, 11) is 0. The van der Waals surface area contributed by atoms with E-state index in [0.717, 1.165) is 6.08 Å². The molecule has 0 bridgehead atoms. The standard InChI is InChI=1S/C16H17ClF3NO4/c1-15(2,3)10-6-12-8(5-11(10)17)4-9(14(22)23-7-24-21)13(25-12)16(18,19)20/h4-6,13H,7,21H2,1-3H3. The number of carbonyl (C=O) groups is 1. The second-order valence-electron chi connectivity index (χ2n) is 6.48. The lowest BCUT2D eigenvalue weighted by Gasteiger charge is -2.30. The quantitative estimate of drug-likeness (QED) is 0.492. The Balaban J connectivity index is 2.53. The van der Waals surface area contributed by atoms with Crippen LogP contribution in [0.2, 0.25) is 5.02 Å². The normalized spacial score (nSPS) is 17.4. The number of benzene rings is 1. The van der Waals surface area contributed by atoms with Gasteiger partial charge in [0.2, 0.25) is 12.9 Å². The molecule has 0 spiro atoms. The number of halogens is 4. The van der Waals surface area contributed by atoms with E-state index in [1.807, 2.05) is 20.8 Å². The molecular formula is C16H17ClF3NO4. The molecule has 25 heavy (non-hydrogen) atoms. The van der Waals surface area contributed by atoms with Crippen molar-refractivity contribution in [2.45, 2.75) is 38.5 Å². The maximum absolute atomic E-state index is 13.3. The molecule has 138 valence electrons. The highest BCUT2D eigenvalue weighted by Crippen LogP contribution is 2.42. The largest absolute Gasteiger partial charge is 0.475 e. The van der Waals surface area contributed by atoms with Gasteiger partial charge in [0.15, 0.2) is 0 Å². The third-order valence-electron chi connectivity index (χ3n) is 3.54. The molecular weight excluding hydrogens is 363 g/mol. The number of alkyl halides is 3. The average Bonchev–Trinajstić information content (AvgIpc) is 2.48. The molecule has 2 rings (SSSR count). The van der Waals surface area contributed by atoms with Crippen LogP contribution in [0.3, 0.4) is 0 Å². The molecule has 1 heterocycles. The molecule has 1 unspecified atom stereocenters. The summed E-state index contributed by atoms with van der Waals surface area (Å²) in [6, 6.07) is 2.91. The Morgan fingerprint density at radius 2 is 1.96 bits per heavy atom. The summed E-state index contributed by atoms with van der Waals surface area (Å²) in [5.41, 5.74) is -0.231. The Bertz CT molecular complexity index is 711. The molecule has 1 aromatic carbocycles. The number of hydrogen-bond donors (Lipinski definition) is 1. The summed E-state index contributed by atoms with van der Waals surface area (Å²) in [6.45, 7) is 4.93. The number of ether oxygens (including phenoxy) is 2. The number of nitrogens with two attached hydrogens (primary N) is 1. The van der Waals surface area contributed by atoms with Gasteiger partial charge in [-0.3, -0.25) is 4.84 Å². The van der Waals surface area contributed by atoms with Gasteiger partial charge in [-0.05, 0) is 29.2 Å². The molecule has 9 heteroatoms. The Morgan fingerprint density at radius 1 is 1.32 bits per heavy atom. The maximum Gasteiger partial charge on any atom is 0.430 e. The van der Waals surface area contributed by atoms with Crippen molar-refractivity contribution in [3.63, 3.8) is 0 Å². The van der Waals surface area contributed by atoms with E-state index in [4.69, 9.17) is 22.2 Å². The van der Waals surface area contributed by atoms with Crippen LogP contribution in [0.5, 0.6) is 5.75 Å². The average molecular weight is 380 g/mol. The molecule has 0 fully saturated rings. The van der Waals surface area contributed by atoms with E-state index in [1.165, 1.54) is 12.1 Å². The summed E-state index contributed by atoms with van der Waals surface area (Å²) in [5.74, 6) is 3.46. The van der Waals surface area contributed by atoms with E-state index in [9.17, 15) is 18.0 Å². The van der Waals surface area contributed by atoms with Crippen LogP contribution in [0, 0.1) is 0 Å². The molecule has 0 radical (unpaired) electrons. The number of hydrogen-bond acceptors (Lipinski definition) is 5. The number of fused-ring (bicyclic) bond motifs is 1. The van der Waals surface area contributed by atoms with Crippen molar-refractivity contribution < 1.29 is 32.3 Å². The van der Waals surface area contributed by atoms with Gasteiger partial charge in [0.05, 0.1) is 5.57 Å². The minimum absolute atomic E-state index is 0.0109. The second kappa shape index (κ2) is 6.86. The zero-order chi connectivity index (χ0) is 19.0. The molecule has 0 aliphatic carbocycles. The Kier molecular flexibility index (Phi) is 5.36. The van der Waals surface area contributed by atoms with Crippen LogP contribution in [0.1, 0.15) is 31.9 Å². The fourth-order valence-corrected chi connectivity index (χ4v) is 2.83. The van der Waals surface area contributed by atoms with Crippen LogP contribution >= 0.6 is 11.6 Å². The summed E-state index contributed by atoms with van der Waals surface area (Å²) < 4.78 is 49.6. The molecule has 0 aromatic heterocycles. The number of esters is 1. The molecule has 2 N–H and O–H groups in total. The molecule has 1 aromatic rings. The van der Waals surface area contributed by atoms with Gasteiger partial charge in [0.1, 0.15) is 5.75 Å². The van der Waals surface area contributed by atoms with Gasteiger partial charge in [-0.25, -0.2) is 10.7 Å². The maximum atomic E-state index is 13.3. The first-order chi connectivity index (χ1) is 11.4. The molecule has 5 nitrogen and oxygen atoms in total. The minimum Gasteiger partial charge on any atom is -0.475 e. The molecule has 0 saturated heterocycles. The van der Waals surface area contributed by atoms with Gasteiger partial charge in [-0.1, -0.05) is 32.4 Å². The lowest BCUT2D eigenvalue weighted by Crippen LogP contribution is -2.41. The monoisotopic (exact) mass is 379 g/mol. The minimum atomic E-state index is -4.81. The zero-order valence-corrected chi connectivity index (χ0v) is 14.5. The van der Waals surface area contributed by atoms with Crippen LogP contribution < -0.4 is 10.6 Å². The van der Waals surface area contributed by atoms with Crippen molar-refractivity contribution in [3.8, 4) is 5.75 Å². The first-order valence-corrected chi connectivity index (χ1v) is 7.60. The van der Waals surface area contributed by atoms with Crippen LogP contribution in [-0.2, 0) is 19.8 Å². The predicted molar refractivity (Wildman–Crippen MR) is 84.8 cm³/mol. The number of rotatable bonds is 3. The van der Waals surface area contributed by atoms with Crippen molar-refractivity contribution in [3.05, 3.63) is 33.9 Å². The van der Waals surface area contributed by atoms with Crippen LogP contribution in [-0.4, -0.2) is 25.0 Å². The van der Waals surface area contributed by atoms with Crippen molar-refractivity contribution in [2.75, 3.05) is 6.79 Å². The van der Waals surface area contributed by atoms with Crippen molar-refractivity contribution in [1.82, 2.24) is 0 Å². The van der Waals surface area contributed by atoms with Crippen molar-refractivity contribution in [1.29, 1.82) is 0 Å². The topological polar surface area (TPSA) is 70.8 Å². The highest BCUT2D eigenvalue weighted by molar-refractivity contribution is 6.31. The van der Waals surface area contributed by atoms with E-state index in [-0.39, 0.29) is 11.3 Å². The van der Waals surface area contributed by atoms with Gasteiger partial charge < -0.3 is 9.47 Å². The molecule has 1 atom stereocenters. The summed E-state index contributed by atoms with van der Waals surface area (Å²) in [5, 5.41) is 0.356. The highest BCUT2D eigenvalue weighted by atomic mass is 35.5. The highest BCUT2D eigenvalue weighted by Gasteiger charge is 2.49. The van der Waals surface area contributed by atoms with E-state index >= 15 is 0 Å². The summed E-state index contributed by atoms with van der Waals surface area (Å²) in [4.78, 5) is 15.9. The first kappa shape index (κ1) is 19.6. The summed E-state index contributed by atoms with van der Waals surface area (Å²) in [6.07, 6.45) is -6.22. The van der Waals surface area contributed by atoms with E-state index < -0.39 is 36.0 Å². The Labute approximate surface area is 147 Å². The van der Waals surface area contributed by atoms with Crippen molar-refractivity contribution >= 4 is 23.6 Å². The molecule has 1 aliphatic heterocycles. The van der Waals surface area contributed by atoms with Crippen molar-refractivity contribution in [2.24, 2.45) is 5.90 Å². The molecule has 1 aliphatic rings. The molecule has 0 saturated carbocycles. The van der Waals surface area contributed by atoms with Crippen LogP contribution in [0.25, 0.3) is 6.08 Å². The van der Waals surface area contributed by atoms with E-state index in [0.29, 0.717) is 10.6 Å². The fraction of sp³-hybridized carbons (Fsp3) is 0.438. The predicted octanol–water partition coefficient (Wildman–Crippen LogP) is 3.74. The third-order valence-corrected chi connectivity index (χ3v) is 3.85. The lowest BCUT2D eigenvalue weighted by atomic mass is 9.85. The zero-order valence-electron chi connectivity index (χ0n) is 13.7. The van der Waals surface area contributed by atoms with Crippen LogP contribution in [0.4, 0.5) is 13.2 Å². The number of carbonyl (C=O) groups excluding carboxylic acids is 1. The van der Waals surface area contributed by atoms with Gasteiger partial charge in [-0.2, -0.15) is 13.2 Å². The third kappa shape index (κ3) is 4.26. The fourth-order valence-electron chi connectivity index (χ4n) is 2.37. The Hall–Kier alpha value is -1.77. The van der Waals surface area contributed by atoms with Gasteiger partial charge in [0.25, 0.3) is 0 Å². The molecule has 0 amide bonds. The van der Waals surface area contributed by atoms with Gasteiger partial charge in [0, 0.05) is 10.6 Å². The second-order valence-corrected chi connectivity index (χ2v) is 6.88. The first-order valence-electron chi connectivity index (χ1n) is 7.23. The van der Waals surface area contributed by atoms with Gasteiger partial charge >= 0.3 is 12.1 Å².